The second-order valence-corrected chi connectivity index (χ2v) is 6.92. The molecular weight excluding hydrogens is 358 g/mol. The molecule has 8 nitrogen and oxygen atoms in total. The zero-order valence-corrected chi connectivity index (χ0v) is 15.7. The van der Waals surface area contributed by atoms with E-state index in [0.29, 0.717) is 17.4 Å². The van der Waals surface area contributed by atoms with Crippen molar-refractivity contribution in [3.63, 3.8) is 0 Å². The van der Waals surface area contributed by atoms with Crippen molar-refractivity contribution in [1.29, 1.82) is 0 Å². The Morgan fingerprint density at radius 1 is 1.29 bits per heavy atom. The molecule has 1 aromatic carbocycles. The Hall–Kier alpha value is -3.42. The molecule has 0 spiro atoms. The zero-order chi connectivity index (χ0) is 19.7. The molecule has 0 unspecified atom stereocenters. The fraction of sp³-hybridized carbons (Fsp3) is 0.300. The zero-order valence-electron chi connectivity index (χ0n) is 15.7. The van der Waals surface area contributed by atoms with Gasteiger partial charge < -0.3 is 10.1 Å². The highest BCUT2D eigenvalue weighted by atomic mass is 16.5. The maximum Gasteiger partial charge on any atom is 0.252 e. The van der Waals surface area contributed by atoms with Crippen molar-refractivity contribution >= 4 is 11.7 Å². The highest BCUT2D eigenvalue weighted by Gasteiger charge is 2.28. The van der Waals surface area contributed by atoms with Crippen LogP contribution in [0.2, 0.25) is 0 Å². The van der Waals surface area contributed by atoms with Gasteiger partial charge in [0.25, 0.3) is 5.56 Å². The minimum atomic E-state index is -0.263. The van der Waals surface area contributed by atoms with Gasteiger partial charge in [-0.1, -0.05) is 12.1 Å². The van der Waals surface area contributed by atoms with Crippen molar-refractivity contribution in [2.45, 2.75) is 32.1 Å². The maximum atomic E-state index is 12.6. The lowest BCUT2D eigenvalue weighted by Crippen LogP contribution is -2.20. The first-order chi connectivity index (χ1) is 13.5. The van der Waals surface area contributed by atoms with Gasteiger partial charge in [0.1, 0.15) is 11.6 Å². The molecule has 144 valence electrons. The lowest BCUT2D eigenvalue weighted by Gasteiger charge is -2.09. The van der Waals surface area contributed by atoms with Crippen LogP contribution in [0.15, 0.2) is 41.2 Å². The van der Waals surface area contributed by atoms with Crippen LogP contribution in [0.5, 0.6) is 5.75 Å². The molecule has 1 aliphatic rings. The number of carbonyl (C=O) groups excluding carboxylic acids is 1. The minimum absolute atomic E-state index is 0.177. The molecule has 0 aliphatic heterocycles. The monoisotopic (exact) mass is 379 g/mol. The highest BCUT2D eigenvalue weighted by Crippen LogP contribution is 2.40. The molecule has 8 heteroatoms. The highest BCUT2D eigenvalue weighted by molar-refractivity contribution is 5.91. The fourth-order valence-electron chi connectivity index (χ4n) is 3.01. The van der Waals surface area contributed by atoms with Crippen LogP contribution in [0.25, 0.3) is 5.95 Å². The number of aromatic nitrogens is 4. The van der Waals surface area contributed by atoms with Crippen molar-refractivity contribution in [3.05, 3.63) is 63.7 Å². The van der Waals surface area contributed by atoms with Crippen molar-refractivity contribution < 1.29 is 9.53 Å². The van der Waals surface area contributed by atoms with Crippen LogP contribution in [-0.2, 0) is 11.2 Å². The van der Waals surface area contributed by atoms with Gasteiger partial charge in [-0.05, 0) is 37.5 Å². The second-order valence-electron chi connectivity index (χ2n) is 6.92. The van der Waals surface area contributed by atoms with Crippen LogP contribution in [-0.4, -0.2) is 32.8 Å². The summed E-state index contributed by atoms with van der Waals surface area (Å²) in [4.78, 5) is 31.4. The molecular formula is C20H21N5O3. The van der Waals surface area contributed by atoms with Gasteiger partial charge in [-0.15, -0.1) is 0 Å². The summed E-state index contributed by atoms with van der Waals surface area (Å²) < 4.78 is 6.63. The Balaban J connectivity index is 1.59. The summed E-state index contributed by atoms with van der Waals surface area (Å²) in [6.45, 7) is 1.74. The molecule has 1 amide bonds. The first-order valence-corrected chi connectivity index (χ1v) is 9.13. The number of hydrogen-bond donors (Lipinski definition) is 2. The van der Waals surface area contributed by atoms with Gasteiger partial charge in [-0.2, -0.15) is 9.78 Å². The van der Waals surface area contributed by atoms with Gasteiger partial charge >= 0.3 is 0 Å². The number of ether oxygens (including phenoxy) is 1. The third kappa shape index (κ3) is 3.95. The third-order valence-electron chi connectivity index (χ3n) is 4.57. The van der Waals surface area contributed by atoms with E-state index in [0.717, 1.165) is 29.8 Å². The van der Waals surface area contributed by atoms with Crippen molar-refractivity contribution in [3.8, 4) is 11.7 Å². The first kappa shape index (κ1) is 18.0. The number of carbonyl (C=O) groups is 1. The molecule has 4 rings (SSSR count). The molecule has 28 heavy (non-hydrogen) atoms. The molecule has 1 fully saturated rings. The molecule has 3 aromatic rings. The van der Waals surface area contributed by atoms with E-state index in [1.54, 1.807) is 14.0 Å². The Morgan fingerprint density at radius 3 is 2.68 bits per heavy atom. The number of nitrogens with zero attached hydrogens (tertiary/aromatic N) is 3. The smallest absolute Gasteiger partial charge is 0.252 e. The molecule has 0 bridgehead atoms. The van der Waals surface area contributed by atoms with Gasteiger partial charge in [0.05, 0.1) is 19.2 Å². The first-order valence-electron chi connectivity index (χ1n) is 9.13. The predicted molar refractivity (Wildman–Crippen MR) is 104 cm³/mol. The normalized spacial score (nSPS) is 13.4. The number of aryl methyl sites for hydroxylation is 1. The molecule has 0 atom stereocenters. The molecule has 1 aliphatic carbocycles. The Kier molecular flexibility index (Phi) is 4.68. The summed E-state index contributed by atoms with van der Waals surface area (Å²) in [5, 5.41) is 7.46. The molecule has 1 saturated carbocycles. The summed E-state index contributed by atoms with van der Waals surface area (Å²) in [6.07, 6.45) is 2.37. The molecule has 2 heterocycles. The molecule has 2 N–H and O–H groups in total. The van der Waals surface area contributed by atoms with E-state index in [2.05, 4.69) is 20.4 Å². The Labute approximate surface area is 161 Å². The van der Waals surface area contributed by atoms with Gasteiger partial charge in [-0.25, -0.2) is 4.98 Å². The van der Waals surface area contributed by atoms with Gasteiger partial charge in [0, 0.05) is 23.7 Å². The third-order valence-corrected chi connectivity index (χ3v) is 4.57. The summed E-state index contributed by atoms with van der Waals surface area (Å²) in [7, 11) is 1.60. The fourth-order valence-corrected chi connectivity index (χ4v) is 3.01. The van der Waals surface area contributed by atoms with Crippen molar-refractivity contribution in [2.75, 3.05) is 12.4 Å². The van der Waals surface area contributed by atoms with Crippen LogP contribution in [0, 0.1) is 6.92 Å². The van der Waals surface area contributed by atoms with Gasteiger partial charge in [-0.3, -0.25) is 14.6 Å². The Morgan fingerprint density at radius 2 is 2.04 bits per heavy atom. The van der Waals surface area contributed by atoms with E-state index in [-0.39, 0.29) is 23.8 Å². The molecule has 0 radical (unpaired) electrons. The summed E-state index contributed by atoms with van der Waals surface area (Å²) >= 11 is 0. The minimum Gasteiger partial charge on any atom is -0.497 e. The summed E-state index contributed by atoms with van der Waals surface area (Å²) in [6, 6.07) is 10.6. The average molecular weight is 379 g/mol. The van der Waals surface area contributed by atoms with Gasteiger partial charge in [0.2, 0.25) is 11.9 Å². The van der Waals surface area contributed by atoms with Gasteiger partial charge in [0.15, 0.2) is 0 Å². The van der Waals surface area contributed by atoms with Crippen LogP contribution < -0.4 is 15.6 Å². The van der Waals surface area contributed by atoms with E-state index < -0.39 is 0 Å². The average Bonchev–Trinajstić information content (AvgIpc) is 3.42. The predicted octanol–water partition coefficient (Wildman–Crippen LogP) is 2.33. The van der Waals surface area contributed by atoms with Crippen LogP contribution in [0.3, 0.4) is 0 Å². The standard InChI is InChI=1S/C20H21N5O3/c1-12-9-18(26)23-20(21-12)25-17(11-16(24-25)14-5-6-14)22-19(27)10-13-3-7-15(28-2)8-4-13/h3-4,7-9,11,14H,5-6,10H2,1-2H3,(H,22,27)(H,21,23,26). The van der Waals surface area contributed by atoms with E-state index >= 15 is 0 Å². The lowest BCUT2D eigenvalue weighted by atomic mass is 10.1. The number of amides is 1. The van der Waals surface area contributed by atoms with E-state index in [1.165, 1.54) is 10.7 Å². The summed E-state index contributed by atoms with van der Waals surface area (Å²) in [5.74, 6) is 1.75. The van der Waals surface area contributed by atoms with Crippen molar-refractivity contribution in [2.24, 2.45) is 0 Å². The van der Waals surface area contributed by atoms with Crippen LogP contribution >= 0.6 is 0 Å². The second kappa shape index (κ2) is 7.30. The van der Waals surface area contributed by atoms with Crippen LogP contribution in [0.4, 0.5) is 5.82 Å². The number of methoxy groups -OCH3 is 1. The quantitative estimate of drug-likeness (QED) is 0.684. The topological polar surface area (TPSA) is 102 Å². The maximum absolute atomic E-state index is 12.6. The number of aromatic amines is 1. The molecule has 2 aromatic heterocycles. The SMILES string of the molecule is COc1ccc(CC(=O)Nc2cc(C3CC3)nn2-c2nc(C)cc(=O)[nH]2)cc1. The lowest BCUT2D eigenvalue weighted by molar-refractivity contribution is -0.115. The van der Waals surface area contributed by atoms with E-state index in [9.17, 15) is 9.59 Å². The van der Waals surface area contributed by atoms with E-state index in [4.69, 9.17) is 4.74 Å². The number of anilines is 1. The number of H-pyrrole nitrogens is 1. The number of benzene rings is 1. The number of hydrogen-bond acceptors (Lipinski definition) is 5. The number of nitrogens with one attached hydrogen (secondary N) is 2. The van der Waals surface area contributed by atoms with E-state index in [1.807, 2.05) is 30.3 Å². The van der Waals surface area contributed by atoms with Crippen LogP contribution in [0.1, 0.15) is 35.7 Å². The Bertz CT molecular complexity index is 1060. The molecule has 0 saturated heterocycles. The van der Waals surface area contributed by atoms with Crippen molar-refractivity contribution in [1.82, 2.24) is 19.7 Å². The number of rotatable bonds is 6. The largest absolute Gasteiger partial charge is 0.497 e. The summed E-state index contributed by atoms with van der Waals surface area (Å²) in [5.41, 5.74) is 2.08.